The van der Waals surface area contributed by atoms with Crippen LogP contribution in [0.4, 0.5) is 0 Å². The van der Waals surface area contributed by atoms with E-state index >= 15 is 0 Å². The van der Waals surface area contributed by atoms with E-state index in [0.717, 1.165) is 24.8 Å². The number of allylic oxidation sites excluding steroid dienone is 5. The molecular weight excluding hydrogens is 495 g/mol. The van der Waals surface area contributed by atoms with Crippen LogP contribution in [0.1, 0.15) is 81.1 Å². The van der Waals surface area contributed by atoms with Gasteiger partial charge in [-0.05, 0) is 83.0 Å². The second-order valence-electron chi connectivity index (χ2n) is 12.6. The fourth-order valence-corrected chi connectivity index (χ4v) is 4.36. The summed E-state index contributed by atoms with van der Waals surface area (Å²) in [6.07, 6.45) is 15.8. The Hall–Kier alpha value is -1.45. The Labute approximate surface area is 234 Å². The van der Waals surface area contributed by atoms with Crippen molar-refractivity contribution in [1.29, 1.82) is 0 Å². The lowest BCUT2D eigenvalue weighted by Crippen LogP contribution is -2.41. The Kier molecular flexibility index (Phi) is 14.0. The molecule has 1 aliphatic heterocycles. The van der Waals surface area contributed by atoms with Gasteiger partial charge in [0, 0.05) is 19.8 Å². The second-order valence-corrected chi connectivity index (χ2v) is 17.4. The third-order valence-corrected chi connectivity index (χ3v) is 12.2. The van der Waals surface area contributed by atoms with Crippen LogP contribution in [0.3, 0.4) is 0 Å². The summed E-state index contributed by atoms with van der Waals surface area (Å²) in [5.41, 5.74) is 0.291. The van der Waals surface area contributed by atoms with Gasteiger partial charge >= 0.3 is 13.1 Å². The minimum absolute atomic E-state index is 0.0557. The van der Waals surface area contributed by atoms with Crippen molar-refractivity contribution in [3.05, 3.63) is 48.0 Å². The standard InChI is InChI=1S/C30H53BO6Si/c1-25(17-15-13-12-14-16-21-31-36-29(5,6)30(7,8)37-31)18-19-26(23-27(32)34-24-33-9)20-22-35-38(10,11)28(2,3)4/h13,15-16,18-19,21,23,25H,12,14,17,20,22,24H2,1-11H3/b15-13+,19-18+,21-16+,26-23+/t25-/m0/s1. The number of hydrogen-bond donors (Lipinski definition) is 0. The quantitative estimate of drug-likeness (QED) is 0.0400. The van der Waals surface area contributed by atoms with Crippen LogP contribution in [0.2, 0.25) is 18.1 Å². The van der Waals surface area contributed by atoms with E-state index in [9.17, 15) is 4.79 Å². The number of carbonyl (C=O) groups is 1. The highest BCUT2D eigenvalue weighted by Crippen LogP contribution is 2.37. The number of unbranched alkanes of at least 4 members (excludes halogenated alkanes) is 1. The van der Waals surface area contributed by atoms with Crippen molar-refractivity contribution in [3.8, 4) is 0 Å². The first-order valence-corrected chi connectivity index (χ1v) is 16.8. The number of ether oxygens (including phenoxy) is 2. The lowest BCUT2D eigenvalue weighted by atomic mass is 9.89. The average molecular weight is 549 g/mol. The van der Waals surface area contributed by atoms with E-state index in [0.29, 0.717) is 18.9 Å². The molecule has 0 saturated carbocycles. The van der Waals surface area contributed by atoms with E-state index in [2.05, 4.69) is 92.8 Å². The summed E-state index contributed by atoms with van der Waals surface area (Å²) >= 11 is 0. The molecule has 8 heteroatoms. The summed E-state index contributed by atoms with van der Waals surface area (Å²) in [5, 5.41) is 0.145. The van der Waals surface area contributed by atoms with Crippen LogP contribution in [-0.4, -0.2) is 53.1 Å². The number of carbonyl (C=O) groups excluding carboxylic acids is 1. The SMILES string of the molecule is COCOC(=O)/C=C(\C=C\[C@@H](C)C/C=C/CC/C=C/B1OC(C)(C)C(C)(C)O1)CCO[Si](C)(C)C(C)(C)C. The molecule has 0 radical (unpaired) electrons. The van der Waals surface area contributed by atoms with Crippen molar-refractivity contribution in [2.75, 3.05) is 20.5 Å². The molecule has 216 valence electrons. The lowest BCUT2D eigenvalue weighted by molar-refractivity contribution is -0.147. The van der Waals surface area contributed by atoms with Gasteiger partial charge in [0.2, 0.25) is 0 Å². The van der Waals surface area contributed by atoms with Crippen LogP contribution in [0.15, 0.2) is 48.0 Å². The Bertz CT molecular complexity index is 835. The van der Waals surface area contributed by atoms with Crippen LogP contribution >= 0.6 is 0 Å². The van der Waals surface area contributed by atoms with Gasteiger partial charge in [-0.3, -0.25) is 0 Å². The van der Waals surface area contributed by atoms with E-state index in [4.69, 9.17) is 23.2 Å². The van der Waals surface area contributed by atoms with Gasteiger partial charge in [0.1, 0.15) is 0 Å². The molecule has 0 N–H and O–H groups in total. The van der Waals surface area contributed by atoms with Gasteiger partial charge in [0.25, 0.3) is 0 Å². The fraction of sp³-hybridized carbons (Fsp3) is 0.700. The van der Waals surface area contributed by atoms with Crippen molar-refractivity contribution >= 4 is 21.4 Å². The third-order valence-electron chi connectivity index (χ3n) is 7.66. The smallest absolute Gasteiger partial charge is 0.435 e. The molecule has 0 aromatic carbocycles. The normalized spacial score (nSPS) is 19.2. The Morgan fingerprint density at radius 3 is 2.21 bits per heavy atom. The summed E-state index contributed by atoms with van der Waals surface area (Å²) in [7, 11) is -0.631. The molecular formula is C30H53BO6Si. The maximum Gasteiger partial charge on any atom is 0.486 e. The van der Waals surface area contributed by atoms with Crippen LogP contribution in [0.25, 0.3) is 0 Å². The zero-order valence-corrected chi connectivity index (χ0v) is 26.9. The summed E-state index contributed by atoms with van der Waals surface area (Å²) in [4.78, 5) is 12.1. The lowest BCUT2D eigenvalue weighted by Gasteiger charge is -2.36. The maximum atomic E-state index is 12.1. The highest BCUT2D eigenvalue weighted by Gasteiger charge is 2.49. The zero-order chi connectivity index (χ0) is 29.0. The van der Waals surface area contributed by atoms with Gasteiger partial charge in [-0.1, -0.05) is 64.1 Å². The van der Waals surface area contributed by atoms with Crippen LogP contribution in [-0.2, 0) is 28.0 Å². The highest BCUT2D eigenvalue weighted by atomic mass is 28.4. The summed E-state index contributed by atoms with van der Waals surface area (Å²) in [5.74, 6) is 1.95. The summed E-state index contributed by atoms with van der Waals surface area (Å²) in [6.45, 7) is 22.1. The molecule has 1 saturated heterocycles. The number of methoxy groups -OCH3 is 1. The number of esters is 1. The average Bonchev–Trinajstić information content (AvgIpc) is 3.00. The Morgan fingerprint density at radius 2 is 1.63 bits per heavy atom. The molecule has 0 spiro atoms. The van der Waals surface area contributed by atoms with Gasteiger partial charge in [0.05, 0.1) is 11.2 Å². The number of hydrogen-bond acceptors (Lipinski definition) is 6. The Morgan fingerprint density at radius 1 is 1.03 bits per heavy atom. The van der Waals surface area contributed by atoms with E-state index in [-0.39, 0.29) is 30.2 Å². The summed E-state index contributed by atoms with van der Waals surface area (Å²) in [6, 6.07) is 0. The van der Waals surface area contributed by atoms with Crippen molar-refractivity contribution in [1.82, 2.24) is 0 Å². The molecule has 6 nitrogen and oxygen atoms in total. The van der Waals surface area contributed by atoms with E-state index in [1.54, 1.807) is 6.08 Å². The van der Waals surface area contributed by atoms with Gasteiger partial charge in [-0.15, -0.1) is 0 Å². The third kappa shape index (κ3) is 12.2. The summed E-state index contributed by atoms with van der Waals surface area (Å²) < 4.78 is 28.2. The zero-order valence-electron chi connectivity index (χ0n) is 25.9. The second kappa shape index (κ2) is 15.4. The predicted octanol–water partition coefficient (Wildman–Crippen LogP) is 7.58. The Balaban J connectivity index is 2.55. The van der Waals surface area contributed by atoms with Gasteiger partial charge < -0.3 is 23.2 Å². The van der Waals surface area contributed by atoms with Gasteiger partial charge in [-0.25, -0.2) is 4.79 Å². The molecule has 0 bridgehead atoms. The van der Waals surface area contributed by atoms with Crippen LogP contribution < -0.4 is 0 Å². The first-order valence-electron chi connectivity index (χ1n) is 13.9. The van der Waals surface area contributed by atoms with Crippen molar-refractivity contribution in [2.45, 2.75) is 110 Å². The molecule has 1 aliphatic rings. The first-order chi connectivity index (χ1) is 17.5. The molecule has 0 unspecified atom stereocenters. The van der Waals surface area contributed by atoms with E-state index < -0.39 is 14.3 Å². The topological polar surface area (TPSA) is 63.2 Å². The maximum absolute atomic E-state index is 12.1. The van der Waals surface area contributed by atoms with Crippen molar-refractivity contribution in [3.63, 3.8) is 0 Å². The van der Waals surface area contributed by atoms with E-state index in [1.165, 1.54) is 7.11 Å². The molecule has 1 rings (SSSR count). The van der Waals surface area contributed by atoms with Crippen molar-refractivity contribution < 1.29 is 28.0 Å². The highest BCUT2D eigenvalue weighted by molar-refractivity contribution is 6.74. The largest absolute Gasteiger partial charge is 0.486 e. The van der Waals surface area contributed by atoms with Crippen LogP contribution in [0, 0.1) is 5.92 Å². The van der Waals surface area contributed by atoms with Gasteiger partial charge in [0.15, 0.2) is 15.1 Å². The first kappa shape index (κ1) is 34.6. The monoisotopic (exact) mass is 548 g/mol. The van der Waals surface area contributed by atoms with Gasteiger partial charge in [-0.2, -0.15) is 0 Å². The molecule has 0 aromatic heterocycles. The molecule has 1 atom stereocenters. The minimum atomic E-state index is -1.85. The molecule has 0 aliphatic carbocycles. The molecule has 38 heavy (non-hydrogen) atoms. The molecule has 0 aromatic rings. The van der Waals surface area contributed by atoms with E-state index in [1.807, 2.05) is 12.1 Å². The predicted molar refractivity (Wildman–Crippen MR) is 160 cm³/mol. The molecule has 1 fully saturated rings. The fourth-order valence-electron chi connectivity index (χ4n) is 3.32. The molecule has 1 heterocycles. The minimum Gasteiger partial charge on any atom is -0.435 e. The van der Waals surface area contributed by atoms with Crippen LogP contribution in [0.5, 0.6) is 0 Å². The van der Waals surface area contributed by atoms with Crippen molar-refractivity contribution in [2.24, 2.45) is 5.92 Å². The number of rotatable bonds is 15. The molecule has 0 amide bonds.